The molecular formula is C15H18N4O2. The number of carbonyl (C=O) groups excluding carboxylic acids is 1. The van der Waals surface area contributed by atoms with E-state index in [9.17, 15) is 4.79 Å². The number of ether oxygens (including phenoxy) is 1. The first-order valence-electron chi connectivity index (χ1n) is 6.56. The highest BCUT2D eigenvalue weighted by Gasteiger charge is 2.06. The van der Waals surface area contributed by atoms with Crippen LogP contribution in [0.3, 0.4) is 0 Å². The van der Waals surface area contributed by atoms with Crippen molar-refractivity contribution >= 4 is 11.7 Å². The highest BCUT2D eigenvalue weighted by Crippen LogP contribution is 2.11. The summed E-state index contributed by atoms with van der Waals surface area (Å²) in [7, 11) is 1.63. The van der Waals surface area contributed by atoms with E-state index in [0.717, 1.165) is 17.7 Å². The van der Waals surface area contributed by atoms with Crippen LogP contribution in [0.2, 0.25) is 0 Å². The van der Waals surface area contributed by atoms with Crippen molar-refractivity contribution in [1.82, 2.24) is 10.3 Å². The second kappa shape index (κ2) is 7.25. The Morgan fingerprint density at radius 1 is 1.29 bits per heavy atom. The third-order valence-electron chi connectivity index (χ3n) is 3.03. The molecule has 0 unspecified atom stereocenters. The van der Waals surface area contributed by atoms with E-state index >= 15 is 0 Å². The fraction of sp³-hybridized carbons (Fsp3) is 0.200. The second-order valence-corrected chi connectivity index (χ2v) is 4.43. The number of methoxy groups -OCH3 is 1. The normalized spacial score (nSPS) is 10.0. The third-order valence-corrected chi connectivity index (χ3v) is 3.03. The van der Waals surface area contributed by atoms with Gasteiger partial charge in [0.1, 0.15) is 11.6 Å². The van der Waals surface area contributed by atoms with E-state index in [1.807, 2.05) is 24.3 Å². The second-order valence-electron chi connectivity index (χ2n) is 4.43. The number of pyridine rings is 1. The minimum absolute atomic E-state index is 0.151. The number of benzene rings is 1. The number of nitrogens with one attached hydrogen (secondary N) is 2. The van der Waals surface area contributed by atoms with E-state index < -0.39 is 0 Å². The van der Waals surface area contributed by atoms with Crippen LogP contribution >= 0.6 is 0 Å². The SMILES string of the molecule is COc1ccc(CCNC(=O)c2ccnc(NN)c2)cc1. The smallest absolute Gasteiger partial charge is 0.251 e. The number of nitrogens with zero attached hydrogens (tertiary/aromatic N) is 1. The molecule has 0 saturated carbocycles. The molecule has 0 bridgehead atoms. The topological polar surface area (TPSA) is 89.3 Å². The maximum absolute atomic E-state index is 12.0. The Morgan fingerprint density at radius 2 is 2.05 bits per heavy atom. The molecule has 0 radical (unpaired) electrons. The van der Waals surface area contributed by atoms with Crippen molar-refractivity contribution in [3.63, 3.8) is 0 Å². The number of aromatic nitrogens is 1. The van der Waals surface area contributed by atoms with Gasteiger partial charge in [-0.3, -0.25) is 4.79 Å². The molecule has 21 heavy (non-hydrogen) atoms. The van der Waals surface area contributed by atoms with Gasteiger partial charge in [0.2, 0.25) is 0 Å². The molecule has 1 heterocycles. The van der Waals surface area contributed by atoms with Gasteiger partial charge in [-0.1, -0.05) is 12.1 Å². The van der Waals surface area contributed by atoms with Crippen molar-refractivity contribution in [3.8, 4) is 5.75 Å². The highest BCUT2D eigenvalue weighted by atomic mass is 16.5. The Balaban J connectivity index is 1.85. The van der Waals surface area contributed by atoms with Gasteiger partial charge in [-0.2, -0.15) is 0 Å². The van der Waals surface area contributed by atoms with Crippen LogP contribution < -0.4 is 21.3 Å². The molecule has 0 aliphatic heterocycles. The lowest BCUT2D eigenvalue weighted by molar-refractivity contribution is 0.0954. The fourth-order valence-corrected chi connectivity index (χ4v) is 1.87. The van der Waals surface area contributed by atoms with E-state index in [0.29, 0.717) is 17.9 Å². The summed E-state index contributed by atoms with van der Waals surface area (Å²) in [6, 6.07) is 11.0. The Morgan fingerprint density at radius 3 is 2.71 bits per heavy atom. The van der Waals surface area contributed by atoms with Crippen molar-refractivity contribution < 1.29 is 9.53 Å². The first-order valence-corrected chi connectivity index (χ1v) is 6.56. The molecule has 6 nitrogen and oxygen atoms in total. The summed E-state index contributed by atoms with van der Waals surface area (Å²) in [6.45, 7) is 0.554. The van der Waals surface area contributed by atoms with Gasteiger partial charge in [-0.05, 0) is 36.2 Å². The lowest BCUT2D eigenvalue weighted by atomic mass is 10.1. The molecule has 0 fully saturated rings. The van der Waals surface area contributed by atoms with E-state index in [4.69, 9.17) is 10.6 Å². The Kier molecular flexibility index (Phi) is 5.11. The van der Waals surface area contributed by atoms with Gasteiger partial charge in [-0.25, -0.2) is 10.8 Å². The van der Waals surface area contributed by atoms with Crippen LogP contribution in [0.5, 0.6) is 5.75 Å². The standard InChI is InChI=1S/C15H18N4O2/c1-21-13-4-2-11(3-5-13)6-8-18-15(20)12-7-9-17-14(10-12)19-16/h2-5,7,9-10H,6,8,16H2,1H3,(H,17,19)(H,18,20). The Hall–Kier alpha value is -2.60. The summed E-state index contributed by atoms with van der Waals surface area (Å²) in [5.41, 5.74) is 4.07. The minimum Gasteiger partial charge on any atom is -0.497 e. The van der Waals surface area contributed by atoms with Crippen molar-refractivity contribution in [3.05, 3.63) is 53.7 Å². The molecule has 0 spiro atoms. The molecule has 1 aromatic heterocycles. The predicted octanol–water partition coefficient (Wildman–Crippen LogP) is 1.35. The van der Waals surface area contributed by atoms with Crippen LogP contribution in [-0.2, 0) is 6.42 Å². The molecule has 0 atom stereocenters. The average Bonchev–Trinajstić information content (AvgIpc) is 2.55. The summed E-state index contributed by atoms with van der Waals surface area (Å²) in [6.07, 6.45) is 2.29. The summed E-state index contributed by atoms with van der Waals surface area (Å²) in [5, 5.41) is 2.86. The maximum Gasteiger partial charge on any atom is 0.251 e. The number of nitrogens with two attached hydrogens (primary N) is 1. The zero-order valence-electron chi connectivity index (χ0n) is 11.8. The Bertz CT molecular complexity index is 599. The number of amides is 1. The number of rotatable bonds is 6. The van der Waals surface area contributed by atoms with Gasteiger partial charge in [0.05, 0.1) is 7.11 Å². The molecule has 1 aromatic carbocycles. The average molecular weight is 286 g/mol. The fourth-order valence-electron chi connectivity index (χ4n) is 1.87. The molecule has 6 heteroatoms. The maximum atomic E-state index is 12.0. The molecule has 2 aromatic rings. The van der Waals surface area contributed by atoms with Gasteiger partial charge in [0, 0.05) is 18.3 Å². The minimum atomic E-state index is -0.151. The molecule has 0 aliphatic carbocycles. The monoisotopic (exact) mass is 286 g/mol. The third kappa shape index (κ3) is 4.19. The zero-order valence-corrected chi connectivity index (χ0v) is 11.8. The molecular weight excluding hydrogens is 268 g/mol. The van der Waals surface area contributed by atoms with Gasteiger partial charge in [-0.15, -0.1) is 0 Å². The number of hydrogen-bond donors (Lipinski definition) is 3. The molecule has 0 saturated heterocycles. The van der Waals surface area contributed by atoms with Crippen molar-refractivity contribution in [2.75, 3.05) is 19.1 Å². The van der Waals surface area contributed by atoms with E-state index in [1.54, 1.807) is 19.2 Å². The molecule has 110 valence electrons. The molecule has 4 N–H and O–H groups in total. The van der Waals surface area contributed by atoms with Crippen LogP contribution in [-0.4, -0.2) is 24.5 Å². The number of carbonyl (C=O) groups is 1. The van der Waals surface area contributed by atoms with Gasteiger partial charge in [0.15, 0.2) is 0 Å². The summed E-state index contributed by atoms with van der Waals surface area (Å²) in [5.74, 6) is 6.39. The predicted molar refractivity (Wildman–Crippen MR) is 81.1 cm³/mol. The number of anilines is 1. The largest absolute Gasteiger partial charge is 0.497 e. The number of hydrazine groups is 1. The van der Waals surface area contributed by atoms with Gasteiger partial charge >= 0.3 is 0 Å². The van der Waals surface area contributed by atoms with Crippen molar-refractivity contribution in [2.24, 2.45) is 5.84 Å². The Labute approximate surface area is 123 Å². The first kappa shape index (κ1) is 14.8. The van der Waals surface area contributed by atoms with Crippen LogP contribution in [0.1, 0.15) is 15.9 Å². The summed E-state index contributed by atoms with van der Waals surface area (Å²) in [4.78, 5) is 15.9. The molecule has 2 rings (SSSR count). The number of nitrogen functional groups attached to an aromatic ring is 1. The van der Waals surface area contributed by atoms with Crippen LogP contribution in [0, 0.1) is 0 Å². The summed E-state index contributed by atoms with van der Waals surface area (Å²) < 4.78 is 5.10. The first-order chi connectivity index (χ1) is 10.2. The van der Waals surface area contributed by atoms with Crippen LogP contribution in [0.25, 0.3) is 0 Å². The van der Waals surface area contributed by atoms with Gasteiger partial charge in [0.25, 0.3) is 5.91 Å². The molecule has 1 amide bonds. The summed E-state index contributed by atoms with van der Waals surface area (Å²) >= 11 is 0. The highest BCUT2D eigenvalue weighted by molar-refractivity contribution is 5.94. The van der Waals surface area contributed by atoms with Crippen LogP contribution in [0.15, 0.2) is 42.6 Å². The van der Waals surface area contributed by atoms with Crippen molar-refractivity contribution in [2.45, 2.75) is 6.42 Å². The van der Waals surface area contributed by atoms with E-state index in [2.05, 4.69) is 15.7 Å². The quantitative estimate of drug-likeness (QED) is 0.551. The van der Waals surface area contributed by atoms with Crippen molar-refractivity contribution in [1.29, 1.82) is 0 Å². The van der Waals surface area contributed by atoms with Gasteiger partial charge < -0.3 is 15.5 Å². The lowest BCUT2D eigenvalue weighted by Crippen LogP contribution is -2.26. The number of hydrogen-bond acceptors (Lipinski definition) is 5. The molecule has 0 aliphatic rings. The zero-order chi connectivity index (χ0) is 15.1. The van der Waals surface area contributed by atoms with E-state index in [1.165, 1.54) is 6.20 Å². The van der Waals surface area contributed by atoms with E-state index in [-0.39, 0.29) is 5.91 Å². The van der Waals surface area contributed by atoms with Crippen LogP contribution in [0.4, 0.5) is 5.82 Å². The lowest BCUT2D eigenvalue weighted by Gasteiger charge is -2.07.